The average molecular weight is 312 g/mol. The molecule has 1 aliphatic rings. The molecule has 0 aromatic carbocycles. The van der Waals surface area contributed by atoms with E-state index in [-0.39, 0.29) is 11.4 Å². The number of nitrogens with zero attached hydrogens (tertiary/aromatic N) is 3. The number of hydrogen-bond acceptors (Lipinski definition) is 3. The number of pyridine rings is 1. The second kappa shape index (κ2) is 5.80. The Labute approximate surface area is 137 Å². The van der Waals surface area contributed by atoms with Crippen molar-refractivity contribution >= 4 is 5.91 Å². The third-order valence-corrected chi connectivity index (χ3v) is 3.98. The van der Waals surface area contributed by atoms with Crippen LogP contribution in [0.4, 0.5) is 0 Å². The minimum atomic E-state index is -0.141. The third kappa shape index (κ3) is 3.60. The van der Waals surface area contributed by atoms with Gasteiger partial charge in [-0.1, -0.05) is 6.07 Å². The maximum atomic E-state index is 12.4. The van der Waals surface area contributed by atoms with Gasteiger partial charge in [-0.2, -0.15) is 5.10 Å². The van der Waals surface area contributed by atoms with Gasteiger partial charge in [0.2, 0.25) is 0 Å². The molecule has 0 unspecified atom stereocenters. The number of carbonyl (C=O) groups is 1. The number of nitrogens with one attached hydrogen (secondary N) is 1. The quantitative estimate of drug-likeness (QED) is 0.943. The van der Waals surface area contributed by atoms with Gasteiger partial charge in [-0.15, -0.1) is 0 Å². The van der Waals surface area contributed by atoms with Gasteiger partial charge < -0.3 is 5.32 Å². The molecule has 2 aromatic rings. The molecule has 23 heavy (non-hydrogen) atoms. The fourth-order valence-electron chi connectivity index (χ4n) is 2.67. The third-order valence-electron chi connectivity index (χ3n) is 3.98. The Morgan fingerprint density at radius 3 is 2.70 bits per heavy atom. The highest BCUT2D eigenvalue weighted by atomic mass is 16.1. The van der Waals surface area contributed by atoms with E-state index >= 15 is 0 Å². The molecular weight excluding hydrogens is 288 g/mol. The Bertz CT molecular complexity index is 723. The van der Waals surface area contributed by atoms with Crippen LogP contribution in [0.5, 0.6) is 0 Å². The number of aromatic nitrogens is 3. The molecule has 3 rings (SSSR count). The molecule has 0 atom stereocenters. The molecule has 1 aliphatic carbocycles. The van der Waals surface area contributed by atoms with Crippen molar-refractivity contribution in [3.63, 3.8) is 0 Å². The largest absolute Gasteiger partial charge is 0.345 e. The predicted octanol–water partition coefficient (Wildman–Crippen LogP) is 3.15. The van der Waals surface area contributed by atoms with Gasteiger partial charge in [0, 0.05) is 17.3 Å². The number of aryl methyl sites for hydroxylation is 1. The number of rotatable bonds is 4. The van der Waals surface area contributed by atoms with E-state index in [1.165, 1.54) is 18.5 Å². The number of amides is 1. The van der Waals surface area contributed by atoms with Crippen LogP contribution >= 0.6 is 0 Å². The van der Waals surface area contributed by atoms with E-state index in [1.54, 1.807) is 0 Å². The zero-order valence-corrected chi connectivity index (χ0v) is 14.3. The van der Waals surface area contributed by atoms with Gasteiger partial charge in [0.25, 0.3) is 5.91 Å². The summed E-state index contributed by atoms with van der Waals surface area (Å²) in [5.41, 5.74) is 3.36. The van der Waals surface area contributed by atoms with Crippen molar-refractivity contribution in [2.45, 2.75) is 58.5 Å². The van der Waals surface area contributed by atoms with Crippen molar-refractivity contribution in [3.8, 4) is 0 Å². The van der Waals surface area contributed by atoms with Gasteiger partial charge in [0.15, 0.2) is 0 Å². The highest BCUT2D eigenvalue weighted by Crippen LogP contribution is 2.41. The second-order valence-electron chi connectivity index (χ2n) is 7.26. The zero-order valence-electron chi connectivity index (χ0n) is 14.3. The number of carbonyl (C=O) groups excluding carboxylic acids is 1. The normalized spacial score (nSPS) is 14.8. The summed E-state index contributed by atoms with van der Waals surface area (Å²) in [6.07, 6.45) is 2.38. The summed E-state index contributed by atoms with van der Waals surface area (Å²) in [7, 11) is 0. The van der Waals surface area contributed by atoms with Gasteiger partial charge in [-0.05, 0) is 58.7 Å². The van der Waals surface area contributed by atoms with Crippen molar-refractivity contribution in [2.75, 3.05) is 0 Å². The molecule has 0 saturated heterocycles. The Balaban J connectivity index is 1.75. The first-order valence-corrected chi connectivity index (χ1v) is 8.16. The zero-order chi connectivity index (χ0) is 16.6. The van der Waals surface area contributed by atoms with Crippen LogP contribution in [0.2, 0.25) is 0 Å². The van der Waals surface area contributed by atoms with Crippen LogP contribution in [0, 0.1) is 6.92 Å². The lowest BCUT2D eigenvalue weighted by Gasteiger charge is -2.22. The molecule has 1 saturated carbocycles. The van der Waals surface area contributed by atoms with Gasteiger partial charge in [-0.3, -0.25) is 14.5 Å². The van der Waals surface area contributed by atoms with E-state index in [4.69, 9.17) is 0 Å². The lowest BCUT2D eigenvalue weighted by atomic mass is 10.1. The first-order chi connectivity index (χ1) is 10.8. The molecule has 1 fully saturated rings. The monoisotopic (exact) mass is 312 g/mol. The fourth-order valence-corrected chi connectivity index (χ4v) is 2.67. The van der Waals surface area contributed by atoms with Crippen LogP contribution in [0.1, 0.15) is 67.1 Å². The summed E-state index contributed by atoms with van der Waals surface area (Å²) in [6, 6.07) is 7.75. The summed E-state index contributed by atoms with van der Waals surface area (Å²) in [5, 5.41) is 7.47. The molecule has 1 N–H and O–H groups in total. The van der Waals surface area contributed by atoms with Crippen LogP contribution in [0.15, 0.2) is 24.3 Å². The highest BCUT2D eigenvalue weighted by molar-refractivity contribution is 5.92. The molecule has 1 amide bonds. The van der Waals surface area contributed by atoms with Crippen molar-refractivity contribution < 1.29 is 4.79 Å². The summed E-state index contributed by atoms with van der Waals surface area (Å²) < 4.78 is 2.00. The average Bonchev–Trinajstić information content (AvgIpc) is 3.22. The molecule has 122 valence electrons. The van der Waals surface area contributed by atoms with Crippen molar-refractivity contribution in [2.24, 2.45) is 0 Å². The highest BCUT2D eigenvalue weighted by Gasteiger charge is 2.32. The molecule has 5 nitrogen and oxygen atoms in total. The molecule has 5 heteroatoms. The lowest BCUT2D eigenvalue weighted by Crippen LogP contribution is -2.27. The van der Waals surface area contributed by atoms with E-state index in [0.29, 0.717) is 18.2 Å². The molecule has 0 bridgehead atoms. The summed E-state index contributed by atoms with van der Waals surface area (Å²) in [4.78, 5) is 16.8. The van der Waals surface area contributed by atoms with E-state index in [1.807, 2.05) is 35.9 Å². The summed E-state index contributed by atoms with van der Waals surface area (Å²) in [6.45, 7) is 8.71. The predicted molar refractivity (Wildman–Crippen MR) is 89.3 cm³/mol. The Morgan fingerprint density at radius 1 is 1.35 bits per heavy atom. The smallest absolute Gasteiger partial charge is 0.272 e. The first-order valence-electron chi connectivity index (χ1n) is 8.16. The molecule has 2 aromatic heterocycles. The molecule has 0 aliphatic heterocycles. The van der Waals surface area contributed by atoms with Crippen molar-refractivity contribution in [1.29, 1.82) is 0 Å². The Morgan fingerprint density at radius 2 is 2.09 bits per heavy atom. The minimum Gasteiger partial charge on any atom is -0.345 e. The van der Waals surface area contributed by atoms with Crippen LogP contribution in [0.3, 0.4) is 0 Å². The first kappa shape index (κ1) is 15.7. The molecular formula is C18H24N4O. The summed E-state index contributed by atoms with van der Waals surface area (Å²) in [5.74, 6) is 0.417. The standard InChI is InChI=1S/C18H24N4O/c1-12-6-5-7-14(20-12)11-19-17(23)15-10-16(13-8-9-13)22(21-15)18(2,3)4/h5-7,10,13H,8-9,11H2,1-4H3,(H,19,23). The SMILES string of the molecule is Cc1cccc(CNC(=O)c2cc(C3CC3)n(C(C)(C)C)n2)n1. The van der Waals surface area contributed by atoms with E-state index in [2.05, 4.69) is 36.2 Å². The Hall–Kier alpha value is -2.17. The molecule has 0 radical (unpaired) electrons. The van der Waals surface area contributed by atoms with Crippen LogP contribution in [0.25, 0.3) is 0 Å². The van der Waals surface area contributed by atoms with E-state index in [0.717, 1.165) is 11.4 Å². The van der Waals surface area contributed by atoms with E-state index < -0.39 is 0 Å². The van der Waals surface area contributed by atoms with E-state index in [9.17, 15) is 4.79 Å². The van der Waals surface area contributed by atoms with Gasteiger partial charge >= 0.3 is 0 Å². The van der Waals surface area contributed by atoms with Crippen LogP contribution in [-0.2, 0) is 12.1 Å². The van der Waals surface area contributed by atoms with Gasteiger partial charge in [0.1, 0.15) is 5.69 Å². The molecule has 0 spiro atoms. The van der Waals surface area contributed by atoms with Crippen LogP contribution in [-0.4, -0.2) is 20.7 Å². The topological polar surface area (TPSA) is 59.8 Å². The van der Waals surface area contributed by atoms with Gasteiger partial charge in [-0.25, -0.2) is 0 Å². The lowest BCUT2D eigenvalue weighted by molar-refractivity contribution is 0.0943. The van der Waals surface area contributed by atoms with Crippen molar-refractivity contribution in [1.82, 2.24) is 20.1 Å². The maximum Gasteiger partial charge on any atom is 0.272 e. The fraction of sp³-hybridized carbons (Fsp3) is 0.500. The van der Waals surface area contributed by atoms with Crippen LogP contribution < -0.4 is 5.32 Å². The van der Waals surface area contributed by atoms with Gasteiger partial charge in [0.05, 0.1) is 17.8 Å². The molecule has 2 heterocycles. The van der Waals surface area contributed by atoms with Crippen molar-refractivity contribution in [3.05, 3.63) is 47.0 Å². The number of hydrogen-bond donors (Lipinski definition) is 1. The second-order valence-corrected chi connectivity index (χ2v) is 7.26. The summed E-state index contributed by atoms with van der Waals surface area (Å²) >= 11 is 0. The maximum absolute atomic E-state index is 12.4. The minimum absolute atomic E-state index is 0.117. The Kier molecular flexibility index (Phi) is 3.96.